The SMILES string of the molecule is CC(=O)C=C(C)COc1cc([N+](=O)[O-])ccc1F. The minimum absolute atomic E-state index is 0.00231. The lowest BCUT2D eigenvalue weighted by molar-refractivity contribution is -0.385. The summed E-state index contributed by atoms with van der Waals surface area (Å²) in [6, 6.07) is 3.04. The van der Waals surface area contributed by atoms with Crippen molar-refractivity contribution < 1.29 is 18.8 Å². The van der Waals surface area contributed by atoms with Crippen molar-refractivity contribution in [1.82, 2.24) is 0 Å². The average molecular weight is 253 g/mol. The molecule has 0 heterocycles. The van der Waals surface area contributed by atoms with Crippen LogP contribution in [0.2, 0.25) is 0 Å². The summed E-state index contributed by atoms with van der Waals surface area (Å²) < 4.78 is 18.4. The Hall–Kier alpha value is -2.24. The molecule has 1 aromatic rings. The molecular formula is C12H12FNO4. The summed E-state index contributed by atoms with van der Waals surface area (Å²) >= 11 is 0. The monoisotopic (exact) mass is 253 g/mol. The Morgan fingerprint density at radius 1 is 1.50 bits per heavy atom. The van der Waals surface area contributed by atoms with Crippen LogP contribution in [0.25, 0.3) is 0 Å². The fourth-order valence-electron chi connectivity index (χ4n) is 1.30. The van der Waals surface area contributed by atoms with Crippen LogP contribution >= 0.6 is 0 Å². The molecule has 1 rings (SSSR count). The van der Waals surface area contributed by atoms with E-state index in [0.717, 1.165) is 18.2 Å². The number of hydrogen-bond acceptors (Lipinski definition) is 4. The van der Waals surface area contributed by atoms with Crippen molar-refractivity contribution in [3.63, 3.8) is 0 Å². The number of ether oxygens (including phenoxy) is 1. The maximum atomic E-state index is 13.3. The van der Waals surface area contributed by atoms with Crippen LogP contribution in [-0.4, -0.2) is 17.3 Å². The van der Waals surface area contributed by atoms with E-state index in [-0.39, 0.29) is 23.8 Å². The van der Waals surface area contributed by atoms with E-state index in [0.29, 0.717) is 5.57 Å². The van der Waals surface area contributed by atoms with E-state index < -0.39 is 10.7 Å². The third-order valence-corrected chi connectivity index (χ3v) is 2.03. The molecule has 0 radical (unpaired) electrons. The predicted octanol–water partition coefficient (Wildman–Crippen LogP) is 2.65. The van der Waals surface area contributed by atoms with Gasteiger partial charge in [0.15, 0.2) is 17.3 Å². The molecule has 0 aliphatic rings. The number of ketones is 1. The van der Waals surface area contributed by atoms with Crippen molar-refractivity contribution in [2.24, 2.45) is 0 Å². The Balaban J connectivity index is 2.81. The molecule has 0 atom stereocenters. The first-order valence-electron chi connectivity index (χ1n) is 5.14. The molecular weight excluding hydrogens is 241 g/mol. The van der Waals surface area contributed by atoms with Crippen LogP contribution in [0.3, 0.4) is 0 Å². The molecule has 0 bridgehead atoms. The van der Waals surface area contributed by atoms with E-state index in [1.807, 2.05) is 0 Å². The van der Waals surface area contributed by atoms with Crippen molar-refractivity contribution in [2.45, 2.75) is 13.8 Å². The van der Waals surface area contributed by atoms with E-state index in [1.165, 1.54) is 13.0 Å². The fraction of sp³-hybridized carbons (Fsp3) is 0.250. The number of hydrogen-bond donors (Lipinski definition) is 0. The van der Waals surface area contributed by atoms with Gasteiger partial charge in [0.05, 0.1) is 11.0 Å². The smallest absolute Gasteiger partial charge is 0.273 e. The standard InChI is InChI=1S/C12H12FNO4/c1-8(5-9(2)15)7-18-12-6-10(14(16)17)3-4-11(12)13/h3-6H,7H2,1-2H3. The highest BCUT2D eigenvalue weighted by Gasteiger charge is 2.11. The summed E-state index contributed by atoms with van der Waals surface area (Å²) in [5.74, 6) is -1.03. The van der Waals surface area contributed by atoms with Crippen LogP contribution in [0, 0.1) is 15.9 Å². The van der Waals surface area contributed by atoms with Crippen molar-refractivity contribution in [1.29, 1.82) is 0 Å². The van der Waals surface area contributed by atoms with Gasteiger partial charge < -0.3 is 4.74 Å². The first-order valence-corrected chi connectivity index (χ1v) is 5.14. The molecule has 0 unspecified atom stereocenters. The molecule has 0 aromatic heterocycles. The third kappa shape index (κ3) is 3.97. The van der Waals surface area contributed by atoms with Crippen LogP contribution in [-0.2, 0) is 4.79 Å². The number of non-ortho nitro benzene ring substituents is 1. The van der Waals surface area contributed by atoms with Gasteiger partial charge in [-0.25, -0.2) is 4.39 Å². The van der Waals surface area contributed by atoms with E-state index in [9.17, 15) is 19.3 Å². The molecule has 0 aliphatic heterocycles. The van der Waals surface area contributed by atoms with Crippen molar-refractivity contribution in [2.75, 3.05) is 6.61 Å². The molecule has 6 heteroatoms. The lowest BCUT2D eigenvalue weighted by atomic mass is 10.2. The van der Waals surface area contributed by atoms with Gasteiger partial charge in [-0.2, -0.15) is 0 Å². The third-order valence-electron chi connectivity index (χ3n) is 2.03. The predicted molar refractivity (Wildman–Crippen MR) is 63.0 cm³/mol. The maximum Gasteiger partial charge on any atom is 0.273 e. The normalized spacial score (nSPS) is 11.2. The van der Waals surface area contributed by atoms with Crippen LogP contribution in [0.1, 0.15) is 13.8 Å². The van der Waals surface area contributed by atoms with E-state index in [1.54, 1.807) is 6.92 Å². The van der Waals surface area contributed by atoms with Gasteiger partial charge in [-0.1, -0.05) is 0 Å². The van der Waals surface area contributed by atoms with Crippen molar-refractivity contribution in [3.05, 3.63) is 45.8 Å². The number of halogens is 1. The number of nitro benzene ring substituents is 1. The van der Waals surface area contributed by atoms with Gasteiger partial charge in [0, 0.05) is 6.07 Å². The van der Waals surface area contributed by atoms with Gasteiger partial charge in [0.25, 0.3) is 5.69 Å². The fourth-order valence-corrected chi connectivity index (χ4v) is 1.30. The molecule has 0 N–H and O–H groups in total. The highest BCUT2D eigenvalue weighted by atomic mass is 19.1. The first-order chi connectivity index (χ1) is 8.40. The van der Waals surface area contributed by atoms with Gasteiger partial charge in [-0.3, -0.25) is 14.9 Å². The number of nitro groups is 1. The summed E-state index contributed by atoms with van der Waals surface area (Å²) in [6.45, 7) is 3.03. The van der Waals surface area contributed by atoms with Gasteiger partial charge in [-0.05, 0) is 31.6 Å². The van der Waals surface area contributed by atoms with Gasteiger partial charge in [-0.15, -0.1) is 0 Å². The number of allylic oxidation sites excluding steroid dienone is 1. The number of rotatable bonds is 5. The molecule has 18 heavy (non-hydrogen) atoms. The number of nitrogens with zero attached hydrogens (tertiary/aromatic N) is 1. The second kappa shape index (κ2) is 5.90. The highest BCUT2D eigenvalue weighted by molar-refractivity contribution is 5.87. The molecule has 1 aromatic carbocycles. The zero-order valence-electron chi connectivity index (χ0n) is 9.97. The topological polar surface area (TPSA) is 69.4 Å². The number of carbonyl (C=O) groups is 1. The average Bonchev–Trinajstić information content (AvgIpc) is 2.26. The molecule has 96 valence electrons. The molecule has 0 aliphatic carbocycles. The maximum absolute atomic E-state index is 13.3. The van der Waals surface area contributed by atoms with Gasteiger partial charge >= 0.3 is 0 Å². The van der Waals surface area contributed by atoms with Crippen LogP contribution < -0.4 is 4.74 Å². The molecule has 0 saturated heterocycles. The second-order valence-electron chi connectivity index (χ2n) is 3.76. The van der Waals surface area contributed by atoms with Crippen LogP contribution in [0.5, 0.6) is 5.75 Å². The van der Waals surface area contributed by atoms with Gasteiger partial charge in [0.2, 0.25) is 0 Å². The minimum Gasteiger partial charge on any atom is -0.486 e. The summed E-state index contributed by atoms with van der Waals surface area (Å²) in [5.41, 5.74) is 0.355. The lowest BCUT2D eigenvalue weighted by Gasteiger charge is -2.07. The van der Waals surface area contributed by atoms with Crippen LogP contribution in [0.4, 0.5) is 10.1 Å². The Bertz CT molecular complexity index is 511. The van der Waals surface area contributed by atoms with E-state index in [2.05, 4.69) is 0 Å². The Kier molecular flexibility index (Phi) is 4.53. The highest BCUT2D eigenvalue weighted by Crippen LogP contribution is 2.23. The zero-order valence-corrected chi connectivity index (χ0v) is 9.97. The van der Waals surface area contributed by atoms with Crippen molar-refractivity contribution >= 4 is 11.5 Å². The summed E-state index contributed by atoms with van der Waals surface area (Å²) in [7, 11) is 0. The quantitative estimate of drug-likeness (QED) is 0.459. The number of benzene rings is 1. The molecule has 5 nitrogen and oxygen atoms in total. The summed E-state index contributed by atoms with van der Waals surface area (Å²) in [5, 5.41) is 10.5. The number of carbonyl (C=O) groups excluding carboxylic acids is 1. The largest absolute Gasteiger partial charge is 0.486 e. The Morgan fingerprint density at radius 2 is 2.17 bits per heavy atom. The van der Waals surface area contributed by atoms with E-state index in [4.69, 9.17) is 4.74 Å². The Labute approximate surface area is 103 Å². The molecule has 0 fully saturated rings. The summed E-state index contributed by atoms with van der Waals surface area (Å²) in [4.78, 5) is 20.7. The second-order valence-corrected chi connectivity index (χ2v) is 3.76. The molecule has 0 saturated carbocycles. The Morgan fingerprint density at radius 3 is 2.72 bits per heavy atom. The molecule has 0 amide bonds. The van der Waals surface area contributed by atoms with Crippen molar-refractivity contribution in [3.8, 4) is 5.75 Å². The molecule has 0 spiro atoms. The summed E-state index contributed by atoms with van der Waals surface area (Å²) in [6.07, 6.45) is 1.36. The van der Waals surface area contributed by atoms with Gasteiger partial charge in [0.1, 0.15) is 6.61 Å². The van der Waals surface area contributed by atoms with Crippen LogP contribution in [0.15, 0.2) is 29.8 Å². The zero-order chi connectivity index (χ0) is 13.7. The lowest BCUT2D eigenvalue weighted by Crippen LogP contribution is -2.02. The minimum atomic E-state index is -0.684. The first kappa shape index (κ1) is 13.8. The van der Waals surface area contributed by atoms with E-state index >= 15 is 0 Å².